The zero-order chi connectivity index (χ0) is 22.7. The van der Waals surface area contributed by atoms with Gasteiger partial charge in [0.05, 0.1) is 37.3 Å². The minimum atomic E-state index is 0.381. The Morgan fingerprint density at radius 3 is 2.50 bits per heavy atom. The van der Waals surface area contributed by atoms with E-state index in [2.05, 4.69) is 35.8 Å². The molecular formula is C23H33N9O2. The van der Waals surface area contributed by atoms with Crippen molar-refractivity contribution >= 4 is 28.5 Å². The van der Waals surface area contributed by atoms with E-state index in [1.165, 1.54) is 12.8 Å². The van der Waals surface area contributed by atoms with Gasteiger partial charge >= 0.3 is 0 Å². The predicted octanol–water partition coefficient (Wildman–Crippen LogP) is 2.70. The fourth-order valence-corrected chi connectivity index (χ4v) is 5.40. The average molecular weight is 468 g/mol. The number of hydrogen-bond acceptors (Lipinski definition) is 9. The minimum Gasteiger partial charge on any atom is -0.381 e. The zero-order valence-corrected chi connectivity index (χ0v) is 19.4. The normalized spacial score (nSPS) is 24.9. The molecule has 1 saturated carbocycles. The number of nitrogens with one attached hydrogen (secondary N) is 3. The summed E-state index contributed by atoms with van der Waals surface area (Å²) in [6.07, 6.45) is 12.2. The summed E-state index contributed by atoms with van der Waals surface area (Å²) in [4.78, 5) is 12.0. The lowest BCUT2D eigenvalue weighted by Gasteiger charge is -2.39. The first kappa shape index (κ1) is 21.8. The molecule has 3 fully saturated rings. The maximum Gasteiger partial charge on any atom is 0.230 e. The Kier molecular flexibility index (Phi) is 6.30. The molecule has 3 N–H and O–H groups in total. The summed E-state index contributed by atoms with van der Waals surface area (Å²) in [6, 6.07) is 1.44. The summed E-state index contributed by atoms with van der Waals surface area (Å²) >= 11 is 0. The third-order valence-electron chi connectivity index (χ3n) is 7.32. The monoisotopic (exact) mass is 467 g/mol. The molecule has 3 aromatic rings. The molecule has 0 unspecified atom stereocenters. The van der Waals surface area contributed by atoms with Crippen molar-refractivity contribution < 1.29 is 9.47 Å². The second-order valence-corrected chi connectivity index (χ2v) is 9.50. The number of aromatic nitrogens is 6. The highest BCUT2D eigenvalue weighted by Gasteiger charge is 2.27. The van der Waals surface area contributed by atoms with Gasteiger partial charge in [0.15, 0.2) is 5.82 Å². The van der Waals surface area contributed by atoms with Gasteiger partial charge in [-0.2, -0.15) is 15.2 Å². The van der Waals surface area contributed by atoms with Crippen molar-refractivity contribution in [3.8, 4) is 0 Å². The van der Waals surface area contributed by atoms with Crippen molar-refractivity contribution in [2.24, 2.45) is 0 Å². The highest BCUT2D eigenvalue weighted by atomic mass is 16.5. The van der Waals surface area contributed by atoms with Crippen LogP contribution in [0.5, 0.6) is 0 Å². The Morgan fingerprint density at radius 2 is 1.68 bits per heavy atom. The Morgan fingerprint density at radius 1 is 0.882 bits per heavy atom. The summed E-state index contributed by atoms with van der Waals surface area (Å²) < 4.78 is 13.0. The zero-order valence-electron chi connectivity index (χ0n) is 19.4. The van der Waals surface area contributed by atoms with Gasteiger partial charge in [0, 0.05) is 44.6 Å². The van der Waals surface area contributed by atoms with Crippen LogP contribution in [0.4, 0.5) is 17.5 Å². The van der Waals surface area contributed by atoms with Crippen LogP contribution in [-0.2, 0) is 9.47 Å². The molecule has 11 nitrogen and oxygen atoms in total. The molecule has 6 rings (SSSR count). The quantitative estimate of drug-likeness (QED) is 0.503. The van der Waals surface area contributed by atoms with Crippen molar-refractivity contribution in [2.45, 2.75) is 56.7 Å². The lowest BCUT2D eigenvalue weighted by molar-refractivity contribution is 0.00791. The highest BCUT2D eigenvalue weighted by molar-refractivity contribution is 5.86. The van der Waals surface area contributed by atoms with E-state index in [0.29, 0.717) is 24.1 Å². The predicted molar refractivity (Wildman–Crippen MR) is 128 cm³/mol. The van der Waals surface area contributed by atoms with E-state index < -0.39 is 0 Å². The van der Waals surface area contributed by atoms with Gasteiger partial charge in [-0.05, 0) is 38.5 Å². The van der Waals surface area contributed by atoms with Crippen LogP contribution in [0.25, 0.3) is 11.0 Å². The molecule has 34 heavy (non-hydrogen) atoms. The number of hydrogen-bond donors (Lipinski definition) is 3. The molecule has 182 valence electrons. The van der Waals surface area contributed by atoms with E-state index in [0.717, 1.165) is 87.7 Å². The van der Waals surface area contributed by atoms with E-state index in [1.807, 2.05) is 17.1 Å². The first-order valence-electron chi connectivity index (χ1n) is 12.5. The van der Waals surface area contributed by atoms with Crippen LogP contribution < -0.4 is 10.6 Å². The van der Waals surface area contributed by atoms with Gasteiger partial charge < -0.3 is 20.1 Å². The van der Waals surface area contributed by atoms with Gasteiger partial charge in [-0.15, -0.1) is 0 Å². The number of fused-ring (bicyclic) bond motifs is 1. The minimum absolute atomic E-state index is 0.381. The molecule has 0 aromatic carbocycles. The van der Waals surface area contributed by atoms with Crippen molar-refractivity contribution in [2.75, 3.05) is 50.2 Å². The topological polar surface area (TPSA) is 118 Å². The fourth-order valence-electron chi connectivity index (χ4n) is 5.40. The van der Waals surface area contributed by atoms with Crippen LogP contribution in [0.2, 0.25) is 0 Å². The number of nitrogens with zero attached hydrogens (tertiary/aromatic N) is 6. The summed E-state index contributed by atoms with van der Waals surface area (Å²) in [7, 11) is 0. The van der Waals surface area contributed by atoms with E-state index >= 15 is 0 Å². The molecular weight excluding hydrogens is 434 g/mol. The van der Waals surface area contributed by atoms with Crippen LogP contribution in [0.3, 0.4) is 0 Å². The molecule has 0 amide bonds. The SMILES string of the molecule is c1nn(C2CCOCC2)cc1Nc1nc(N[C@H]2CC[C@H](N3CCOCC3)CC2)c2[nH]ncc2n1. The lowest BCUT2D eigenvalue weighted by Crippen LogP contribution is -2.46. The molecule has 11 heteroatoms. The van der Waals surface area contributed by atoms with Gasteiger partial charge in [-0.25, -0.2) is 4.98 Å². The number of morpholine rings is 1. The standard InChI is InChI=1S/C23H33N9O2/c1-3-18(31-7-11-34-12-8-31)4-2-16(1)26-22-21-20(14-24-30-21)28-23(29-22)27-17-13-25-32(15-17)19-5-9-33-10-6-19/h13-16,18-19H,1-12H2,(H,24,30)(H2,26,27,28,29)/t16-,18-. The van der Waals surface area contributed by atoms with E-state index in [-0.39, 0.29) is 0 Å². The fraction of sp³-hybridized carbons (Fsp3) is 0.652. The molecule has 5 heterocycles. The maximum absolute atomic E-state index is 5.52. The molecule has 2 aliphatic heterocycles. The largest absolute Gasteiger partial charge is 0.381 e. The van der Waals surface area contributed by atoms with Gasteiger partial charge in [0.1, 0.15) is 11.0 Å². The molecule has 0 bridgehead atoms. The lowest BCUT2D eigenvalue weighted by atomic mass is 9.90. The number of aromatic amines is 1. The van der Waals surface area contributed by atoms with Crippen LogP contribution in [0, 0.1) is 0 Å². The second-order valence-electron chi connectivity index (χ2n) is 9.50. The average Bonchev–Trinajstić information content (AvgIpc) is 3.56. The van der Waals surface area contributed by atoms with E-state index in [9.17, 15) is 0 Å². The van der Waals surface area contributed by atoms with Gasteiger partial charge in [-0.3, -0.25) is 14.7 Å². The maximum atomic E-state index is 5.52. The third-order valence-corrected chi connectivity index (χ3v) is 7.32. The van der Waals surface area contributed by atoms with Crippen molar-refractivity contribution in [3.63, 3.8) is 0 Å². The summed E-state index contributed by atoms with van der Waals surface area (Å²) in [6.45, 7) is 5.42. The summed E-state index contributed by atoms with van der Waals surface area (Å²) in [5, 5.41) is 18.8. The van der Waals surface area contributed by atoms with Crippen LogP contribution >= 0.6 is 0 Å². The van der Waals surface area contributed by atoms with Gasteiger partial charge in [0.25, 0.3) is 0 Å². The molecule has 3 aliphatic rings. The Labute approximate surface area is 198 Å². The number of H-pyrrole nitrogens is 1. The molecule has 2 saturated heterocycles. The van der Waals surface area contributed by atoms with E-state index in [1.54, 1.807) is 6.20 Å². The smallest absolute Gasteiger partial charge is 0.230 e. The number of rotatable bonds is 6. The molecule has 0 atom stereocenters. The first-order valence-corrected chi connectivity index (χ1v) is 12.5. The van der Waals surface area contributed by atoms with Gasteiger partial charge in [0.2, 0.25) is 5.95 Å². The molecule has 0 spiro atoms. The Bertz CT molecular complexity index is 1080. The van der Waals surface area contributed by atoms with Crippen molar-refractivity contribution in [3.05, 3.63) is 18.6 Å². The Balaban J connectivity index is 1.13. The van der Waals surface area contributed by atoms with Crippen molar-refractivity contribution in [1.82, 2.24) is 34.8 Å². The summed E-state index contributed by atoms with van der Waals surface area (Å²) in [5.74, 6) is 1.35. The van der Waals surface area contributed by atoms with Crippen LogP contribution in [-0.4, -0.2) is 86.4 Å². The Hall–Kier alpha value is -2.76. The molecule has 1 aliphatic carbocycles. The van der Waals surface area contributed by atoms with Crippen LogP contribution in [0.1, 0.15) is 44.6 Å². The highest BCUT2D eigenvalue weighted by Crippen LogP contribution is 2.29. The third kappa shape index (κ3) is 4.73. The number of ether oxygens (including phenoxy) is 2. The molecule has 0 radical (unpaired) electrons. The van der Waals surface area contributed by atoms with Gasteiger partial charge in [-0.1, -0.05) is 0 Å². The van der Waals surface area contributed by atoms with Crippen LogP contribution in [0.15, 0.2) is 18.6 Å². The number of anilines is 3. The molecule has 3 aromatic heterocycles. The van der Waals surface area contributed by atoms with E-state index in [4.69, 9.17) is 14.5 Å². The second kappa shape index (κ2) is 9.85. The van der Waals surface area contributed by atoms with Crippen molar-refractivity contribution in [1.29, 1.82) is 0 Å². The first-order chi connectivity index (χ1) is 16.8. The summed E-state index contributed by atoms with van der Waals surface area (Å²) in [5.41, 5.74) is 2.52.